The van der Waals surface area contributed by atoms with Gasteiger partial charge >= 0.3 is 19.8 Å². The van der Waals surface area contributed by atoms with E-state index in [1.54, 1.807) is 6.08 Å². The Labute approximate surface area is 348 Å². The summed E-state index contributed by atoms with van der Waals surface area (Å²) in [4.78, 5) is 35.3. The van der Waals surface area contributed by atoms with Crippen LogP contribution in [-0.2, 0) is 32.7 Å². The van der Waals surface area contributed by atoms with Crippen molar-refractivity contribution in [2.75, 3.05) is 47.5 Å². The molecule has 0 amide bonds. The van der Waals surface area contributed by atoms with Crippen LogP contribution < -0.4 is 0 Å². The highest BCUT2D eigenvalue weighted by atomic mass is 31.2. The second-order valence-electron chi connectivity index (χ2n) is 15.7. The molecule has 0 aliphatic rings. The molecule has 328 valence electrons. The SMILES string of the molecule is CC/C=C\C/C=C\C/C=C\C/C=C\C/C=C\CC(=O)OC(COC(=O)CCCCCCCCC/C=C\CCCCCCCCC)COP(=O)(O)OCC[N+](C)(C)C. The lowest BCUT2D eigenvalue weighted by Crippen LogP contribution is -2.37. The van der Waals surface area contributed by atoms with E-state index >= 15 is 0 Å². The Morgan fingerprint density at radius 1 is 0.579 bits per heavy atom. The normalized spacial score (nSPS) is 14.3. The van der Waals surface area contributed by atoms with E-state index in [2.05, 4.69) is 68.5 Å². The van der Waals surface area contributed by atoms with Crippen molar-refractivity contribution < 1.29 is 42.1 Å². The standard InChI is InChI=1S/C47H82NO8P/c1-6-8-10-12-14-16-18-20-22-23-24-26-27-29-31-33-35-37-39-46(49)53-43-45(44-55-57(51,52)54-42-41-48(3,4)5)56-47(50)40-38-36-34-32-30-28-25-21-19-17-15-13-11-9-7-2/h9,11,15,17,21-23,25,30,32,36,38,45H,6-8,10,12-14,16,18-20,24,26-29,31,33-35,37,39-44H2,1-5H3/p+1/b11-9-,17-15-,23-22-,25-21-,32-30-,38-36-. The average Bonchev–Trinajstić information content (AvgIpc) is 3.16. The fraction of sp³-hybridized carbons (Fsp3) is 0.702. The quantitative estimate of drug-likeness (QED) is 0.0215. The van der Waals surface area contributed by atoms with Gasteiger partial charge in [0.25, 0.3) is 0 Å². The van der Waals surface area contributed by atoms with E-state index in [0.29, 0.717) is 17.4 Å². The van der Waals surface area contributed by atoms with Gasteiger partial charge in [-0.1, -0.05) is 157 Å². The molecule has 2 unspecified atom stereocenters. The smallest absolute Gasteiger partial charge is 0.462 e. The van der Waals surface area contributed by atoms with E-state index in [-0.39, 0.29) is 26.1 Å². The first-order valence-electron chi connectivity index (χ1n) is 22.2. The number of likely N-dealkylation sites (N-methyl/N-ethyl adjacent to an activating group) is 1. The van der Waals surface area contributed by atoms with E-state index in [1.165, 1.54) is 70.6 Å². The van der Waals surface area contributed by atoms with Crippen molar-refractivity contribution in [2.45, 2.75) is 168 Å². The summed E-state index contributed by atoms with van der Waals surface area (Å²) in [5, 5.41) is 0. The van der Waals surface area contributed by atoms with Gasteiger partial charge in [-0.25, -0.2) is 4.57 Å². The van der Waals surface area contributed by atoms with Crippen molar-refractivity contribution in [3.63, 3.8) is 0 Å². The number of hydrogen-bond donors (Lipinski definition) is 1. The van der Waals surface area contributed by atoms with Crippen LogP contribution in [0.5, 0.6) is 0 Å². The Morgan fingerprint density at radius 3 is 1.56 bits per heavy atom. The van der Waals surface area contributed by atoms with Gasteiger partial charge in [0.2, 0.25) is 0 Å². The lowest BCUT2D eigenvalue weighted by molar-refractivity contribution is -0.870. The van der Waals surface area contributed by atoms with Crippen LogP contribution in [-0.4, -0.2) is 74.9 Å². The summed E-state index contributed by atoms with van der Waals surface area (Å²) in [6.07, 6.45) is 48.4. The molecule has 57 heavy (non-hydrogen) atoms. The molecule has 0 saturated heterocycles. The van der Waals surface area contributed by atoms with Gasteiger partial charge in [0, 0.05) is 6.42 Å². The minimum absolute atomic E-state index is 0.00473. The summed E-state index contributed by atoms with van der Waals surface area (Å²) in [6.45, 7) is 4.17. The molecule has 0 bridgehead atoms. The van der Waals surface area contributed by atoms with Crippen molar-refractivity contribution in [1.29, 1.82) is 0 Å². The molecule has 0 saturated carbocycles. The number of carbonyl (C=O) groups excluding carboxylic acids is 2. The molecule has 9 nitrogen and oxygen atoms in total. The van der Waals surface area contributed by atoms with Gasteiger partial charge in [0.1, 0.15) is 19.8 Å². The predicted octanol–water partition coefficient (Wildman–Crippen LogP) is 12.6. The molecule has 1 N–H and O–H groups in total. The molecule has 0 aliphatic carbocycles. The van der Waals surface area contributed by atoms with Crippen molar-refractivity contribution in [3.05, 3.63) is 72.9 Å². The first-order chi connectivity index (χ1) is 27.5. The Bertz CT molecular complexity index is 1200. The number of esters is 2. The minimum atomic E-state index is -4.40. The number of quaternary nitrogens is 1. The third-order valence-electron chi connectivity index (χ3n) is 9.00. The first kappa shape index (κ1) is 54.5. The fourth-order valence-corrected chi connectivity index (χ4v) is 6.30. The number of carbonyl (C=O) groups is 2. The molecule has 0 aliphatic heterocycles. The molecule has 0 heterocycles. The summed E-state index contributed by atoms with van der Waals surface area (Å²) in [6, 6.07) is 0. The van der Waals surface area contributed by atoms with E-state index in [0.717, 1.165) is 57.8 Å². The fourth-order valence-electron chi connectivity index (χ4n) is 5.55. The molecule has 0 aromatic carbocycles. The van der Waals surface area contributed by atoms with E-state index < -0.39 is 32.5 Å². The van der Waals surface area contributed by atoms with Gasteiger partial charge in [0.05, 0.1) is 34.2 Å². The summed E-state index contributed by atoms with van der Waals surface area (Å²) >= 11 is 0. The summed E-state index contributed by atoms with van der Waals surface area (Å²) < 4.78 is 34.1. The Hall–Kier alpha value is -2.55. The average molecular weight is 821 g/mol. The molecular formula is C47H83NO8P+. The van der Waals surface area contributed by atoms with Gasteiger partial charge in [-0.2, -0.15) is 0 Å². The predicted molar refractivity (Wildman–Crippen MR) is 238 cm³/mol. The van der Waals surface area contributed by atoms with Crippen molar-refractivity contribution in [3.8, 4) is 0 Å². The van der Waals surface area contributed by atoms with Crippen LogP contribution in [0.3, 0.4) is 0 Å². The first-order valence-corrected chi connectivity index (χ1v) is 23.7. The van der Waals surface area contributed by atoms with Gasteiger partial charge in [-0.15, -0.1) is 0 Å². The number of unbranched alkanes of at least 4 members (excludes halogenated alkanes) is 14. The maximum absolute atomic E-state index is 12.6. The molecule has 0 aromatic rings. The highest BCUT2D eigenvalue weighted by molar-refractivity contribution is 7.47. The van der Waals surface area contributed by atoms with E-state index in [4.69, 9.17) is 18.5 Å². The van der Waals surface area contributed by atoms with Gasteiger partial charge in [-0.05, 0) is 64.2 Å². The zero-order chi connectivity index (χ0) is 42.1. The van der Waals surface area contributed by atoms with Crippen molar-refractivity contribution >= 4 is 19.8 Å². The number of hydrogen-bond acceptors (Lipinski definition) is 7. The van der Waals surface area contributed by atoms with Crippen LogP contribution >= 0.6 is 7.82 Å². The van der Waals surface area contributed by atoms with Gasteiger partial charge in [0.15, 0.2) is 6.10 Å². The van der Waals surface area contributed by atoms with Crippen molar-refractivity contribution in [1.82, 2.24) is 0 Å². The Morgan fingerprint density at radius 2 is 1.05 bits per heavy atom. The zero-order valence-corrected chi connectivity index (χ0v) is 37.7. The highest BCUT2D eigenvalue weighted by Gasteiger charge is 2.27. The molecule has 0 rings (SSSR count). The molecule has 0 radical (unpaired) electrons. The maximum atomic E-state index is 12.6. The van der Waals surface area contributed by atoms with Crippen LogP contribution in [0, 0.1) is 0 Å². The maximum Gasteiger partial charge on any atom is 0.472 e. The molecular weight excluding hydrogens is 737 g/mol. The Balaban J connectivity index is 4.47. The summed E-state index contributed by atoms with van der Waals surface area (Å²) in [7, 11) is 1.41. The van der Waals surface area contributed by atoms with Crippen LogP contribution in [0.1, 0.15) is 162 Å². The molecule has 0 aromatic heterocycles. The third kappa shape index (κ3) is 42.9. The number of phosphoric ester groups is 1. The van der Waals surface area contributed by atoms with Gasteiger partial charge < -0.3 is 18.9 Å². The largest absolute Gasteiger partial charge is 0.472 e. The van der Waals surface area contributed by atoms with Crippen LogP contribution in [0.2, 0.25) is 0 Å². The summed E-state index contributed by atoms with van der Waals surface area (Å²) in [5.74, 6) is -0.956. The number of allylic oxidation sites excluding steroid dienone is 11. The van der Waals surface area contributed by atoms with Crippen LogP contribution in [0.4, 0.5) is 0 Å². The van der Waals surface area contributed by atoms with Gasteiger partial charge in [-0.3, -0.25) is 18.6 Å². The van der Waals surface area contributed by atoms with E-state index in [9.17, 15) is 19.0 Å². The lowest BCUT2D eigenvalue weighted by atomic mass is 10.1. The number of phosphoric acid groups is 1. The van der Waals surface area contributed by atoms with Crippen molar-refractivity contribution in [2.24, 2.45) is 0 Å². The second-order valence-corrected chi connectivity index (χ2v) is 17.2. The Kier molecular flexibility index (Phi) is 37.2. The number of rotatable bonds is 39. The van der Waals surface area contributed by atoms with Crippen LogP contribution in [0.25, 0.3) is 0 Å². The van der Waals surface area contributed by atoms with E-state index in [1.807, 2.05) is 33.3 Å². The van der Waals surface area contributed by atoms with Crippen LogP contribution in [0.15, 0.2) is 72.9 Å². The summed E-state index contributed by atoms with van der Waals surface area (Å²) in [5.41, 5.74) is 0. The number of nitrogens with zero attached hydrogens (tertiary/aromatic N) is 1. The topological polar surface area (TPSA) is 108 Å². The highest BCUT2D eigenvalue weighted by Crippen LogP contribution is 2.43. The second kappa shape index (κ2) is 38.9. The molecule has 2 atom stereocenters. The third-order valence-corrected chi connectivity index (χ3v) is 9.99. The lowest BCUT2D eigenvalue weighted by Gasteiger charge is -2.24. The molecule has 0 spiro atoms. The molecule has 10 heteroatoms. The zero-order valence-electron chi connectivity index (χ0n) is 36.8. The number of ether oxygens (including phenoxy) is 2. The monoisotopic (exact) mass is 821 g/mol. The minimum Gasteiger partial charge on any atom is -0.462 e. The molecule has 0 fully saturated rings.